The van der Waals surface area contributed by atoms with Gasteiger partial charge in [-0.1, -0.05) is 13.0 Å². The van der Waals surface area contributed by atoms with E-state index in [0.717, 1.165) is 25.0 Å². The van der Waals surface area contributed by atoms with E-state index < -0.39 is 0 Å². The van der Waals surface area contributed by atoms with Crippen LogP contribution in [0.1, 0.15) is 49.9 Å². The summed E-state index contributed by atoms with van der Waals surface area (Å²) in [6.45, 7) is 10.2. The Hall–Kier alpha value is -0.670. The maximum atomic E-state index is 4.51. The highest BCUT2D eigenvalue weighted by Gasteiger charge is 2.13. The van der Waals surface area contributed by atoms with E-state index in [4.69, 9.17) is 0 Å². The van der Waals surface area contributed by atoms with Crippen LogP contribution in [0.25, 0.3) is 0 Å². The zero-order valence-electron chi connectivity index (χ0n) is 10.5. The molecule has 1 aromatic rings. The highest BCUT2D eigenvalue weighted by Crippen LogP contribution is 2.19. The molecule has 2 unspecified atom stereocenters. The molecule has 0 aliphatic heterocycles. The second kappa shape index (κ2) is 6.81. The van der Waals surface area contributed by atoms with Crippen LogP contribution in [-0.2, 0) is 0 Å². The van der Waals surface area contributed by atoms with Crippen LogP contribution in [0.3, 0.4) is 0 Å². The molecule has 1 aromatic heterocycles. The fourth-order valence-corrected chi connectivity index (χ4v) is 2.53. The summed E-state index contributed by atoms with van der Waals surface area (Å²) in [6, 6.07) is 0.922. The molecule has 3 heteroatoms. The molecule has 0 radical (unpaired) electrons. The van der Waals surface area contributed by atoms with Crippen molar-refractivity contribution in [2.45, 2.75) is 52.1 Å². The second-order valence-electron chi connectivity index (χ2n) is 4.19. The van der Waals surface area contributed by atoms with Crippen LogP contribution in [0.5, 0.6) is 0 Å². The zero-order chi connectivity index (χ0) is 12.0. The number of hydrogen-bond donors (Lipinski definition) is 1. The van der Waals surface area contributed by atoms with Gasteiger partial charge in [-0.05, 0) is 33.1 Å². The van der Waals surface area contributed by atoms with Gasteiger partial charge < -0.3 is 5.32 Å². The van der Waals surface area contributed by atoms with Crippen LogP contribution in [-0.4, -0.2) is 11.0 Å². The van der Waals surface area contributed by atoms with Crippen LogP contribution >= 0.6 is 11.3 Å². The minimum absolute atomic E-state index is 0.355. The van der Waals surface area contributed by atoms with Crippen LogP contribution < -0.4 is 5.32 Å². The van der Waals surface area contributed by atoms with Crippen LogP contribution in [0, 0.1) is 6.92 Å². The molecule has 0 aliphatic rings. The highest BCUT2D eigenvalue weighted by atomic mass is 32.1. The average Bonchev–Trinajstić information content (AvgIpc) is 2.70. The molecule has 90 valence electrons. The molecule has 0 amide bonds. The van der Waals surface area contributed by atoms with Crippen molar-refractivity contribution in [1.82, 2.24) is 10.3 Å². The molecule has 1 N–H and O–H groups in total. The number of thiazole rings is 1. The van der Waals surface area contributed by atoms with E-state index in [2.05, 4.69) is 36.1 Å². The van der Waals surface area contributed by atoms with E-state index in [9.17, 15) is 0 Å². The van der Waals surface area contributed by atoms with Gasteiger partial charge in [0.25, 0.3) is 0 Å². The van der Waals surface area contributed by atoms with Gasteiger partial charge in [-0.3, -0.25) is 0 Å². The Labute approximate surface area is 103 Å². The van der Waals surface area contributed by atoms with Gasteiger partial charge in [0.2, 0.25) is 0 Å². The van der Waals surface area contributed by atoms with E-state index in [1.54, 1.807) is 11.3 Å². The quantitative estimate of drug-likeness (QED) is 0.730. The molecule has 2 atom stereocenters. The van der Waals surface area contributed by atoms with Gasteiger partial charge >= 0.3 is 0 Å². The third kappa shape index (κ3) is 4.06. The fourth-order valence-electron chi connectivity index (χ4n) is 1.72. The van der Waals surface area contributed by atoms with Crippen molar-refractivity contribution in [2.75, 3.05) is 0 Å². The summed E-state index contributed by atoms with van der Waals surface area (Å²) in [7, 11) is 0. The van der Waals surface area contributed by atoms with Crippen LogP contribution in [0.15, 0.2) is 18.0 Å². The van der Waals surface area contributed by atoms with Crippen molar-refractivity contribution in [2.24, 2.45) is 0 Å². The third-order valence-corrected chi connectivity index (χ3v) is 3.85. The molecule has 0 fully saturated rings. The Morgan fingerprint density at radius 1 is 1.62 bits per heavy atom. The van der Waals surface area contributed by atoms with Crippen molar-refractivity contribution in [3.8, 4) is 0 Å². The van der Waals surface area contributed by atoms with E-state index >= 15 is 0 Å². The monoisotopic (exact) mass is 238 g/mol. The van der Waals surface area contributed by atoms with Crippen LogP contribution in [0.4, 0.5) is 0 Å². The molecule has 2 nitrogen and oxygen atoms in total. The van der Waals surface area contributed by atoms with Crippen molar-refractivity contribution in [1.29, 1.82) is 0 Å². The van der Waals surface area contributed by atoms with Crippen molar-refractivity contribution in [3.05, 3.63) is 28.7 Å². The third-order valence-electron chi connectivity index (χ3n) is 2.70. The van der Waals surface area contributed by atoms with Crippen molar-refractivity contribution in [3.63, 3.8) is 0 Å². The van der Waals surface area contributed by atoms with E-state index in [-0.39, 0.29) is 0 Å². The largest absolute Gasteiger partial charge is 0.305 e. The lowest BCUT2D eigenvalue weighted by molar-refractivity contribution is 0.421. The van der Waals surface area contributed by atoms with Crippen molar-refractivity contribution < 1.29 is 0 Å². The van der Waals surface area contributed by atoms with E-state index in [1.165, 1.54) is 5.01 Å². The smallest absolute Gasteiger partial charge is 0.110 e. The van der Waals surface area contributed by atoms with Crippen LogP contribution in [0.2, 0.25) is 0 Å². The lowest BCUT2D eigenvalue weighted by atomic mass is 10.1. The van der Waals surface area contributed by atoms with Gasteiger partial charge in [0, 0.05) is 17.1 Å². The second-order valence-corrected chi connectivity index (χ2v) is 5.08. The Kier molecular flexibility index (Phi) is 5.71. The predicted octanol–water partition coefficient (Wildman–Crippen LogP) is 3.85. The highest BCUT2D eigenvalue weighted by molar-refractivity contribution is 7.09. The van der Waals surface area contributed by atoms with E-state index in [1.807, 2.05) is 13.0 Å². The van der Waals surface area contributed by atoms with Gasteiger partial charge in [-0.2, -0.15) is 0 Å². The summed E-state index contributed by atoms with van der Waals surface area (Å²) >= 11 is 1.74. The number of allylic oxidation sites excluding steroid dienone is 1. The molecular formula is C13H22N2S. The van der Waals surface area contributed by atoms with Gasteiger partial charge in [-0.15, -0.1) is 17.9 Å². The van der Waals surface area contributed by atoms with Gasteiger partial charge in [0.15, 0.2) is 0 Å². The Morgan fingerprint density at radius 3 is 2.88 bits per heavy atom. The molecule has 1 rings (SSSR count). The molecule has 0 aromatic carbocycles. The van der Waals surface area contributed by atoms with Gasteiger partial charge in [-0.25, -0.2) is 4.98 Å². The van der Waals surface area contributed by atoms with E-state index in [0.29, 0.717) is 12.1 Å². The molecule has 0 spiro atoms. The summed E-state index contributed by atoms with van der Waals surface area (Å²) in [5.41, 5.74) is 1.12. The lowest BCUT2D eigenvalue weighted by Gasteiger charge is -2.20. The number of nitrogens with zero attached hydrogens (tertiary/aromatic N) is 1. The maximum Gasteiger partial charge on any atom is 0.110 e. The molecule has 0 saturated carbocycles. The average molecular weight is 238 g/mol. The predicted molar refractivity (Wildman–Crippen MR) is 71.9 cm³/mol. The molecular weight excluding hydrogens is 216 g/mol. The standard InChI is InChI=1S/C13H22N2S/c1-5-7-8-12(6-2)15-11(4)13-14-10(3)9-16-13/h5,9,11-12,15H,1,6-8H2,2-4H3. The lowest BCUT2D eigenvalue weighted by Crippen LogP contribution is -2.30. The number of nitrogens with one attached hydrogen (secondary N) is 1. The normalized spacial score (nSPS) is 14.7. The fraction of sp³-hybridized carbons (Fsp3) is 0.615. The Morgan fingerprint density at radius 2 is 2.38 bits per heavy atom. The minimum Gasteiger partial charge on any atom is -0.305 e. The first kappa shape index (κ1) is 13.4. The maximum absolute atomic E-state index is 4.51. The van der Waals surface area contributed by atoms with Crippen molar-refractivity contribution >= 4 is 11.3 Å². The summed E-state index contributed by atoms with van der Waals surface area (Å²) in [5, 5.41) is 6.93. The zero-order valence-corrected chi connectivity index (χ0v) is 11.3. The molecule has 0 bridgehead atoms. The topological polar surface area (TPSA) is 24.9 Å². The first-order chi connectivity index (χ1) is 7.67. The Balaban J connectivity index is 2.47. The number of rotatable bonds is 7. The Bertz CT molecular complexity index is 319. The minimum atomic E-state index is 0.355. The summed E-state index contributed by atoms with van der Waals surface area (Å²) in [6.07, 6.45) is 5.38. The first-order valence-corrected chi connectivity index (χ1v) is 6.84. The SMILES string of the molecule is C=CCCC(CC)NC(C)c1nc(C)cs1. The molecule has 0 aliphatic carbocycles. The summed E-state index contributed by atoms with van der Waals surface area (Å²) in [5.74, 6) is 0. The number of aromatic nitrogens is 1. The number of aryl methyl sites for hydroxylation is 1. The summed E-state index contributed by atoms with van der Waals surface area (Å²) < 4.78 is 0. The van der Waals surface area contributed by atoms with Gasteiger partial charge in [0.1, 0.15) is 5.01 Å². The molecule has 0 saturated heterocycles. The molecule has 1 heterocycles. The molecule has 16 heavy (non-hydrogen) atoms. The van der Waals surface area contributed by atoms with Gasteiger partial charge in [0.05, 0.1) is 6.04 Å². The summed E-state index contributed by atoms with van der Waals surface area (Å²) in [4.78, 5) is 4.51. The first-order valence-electron chi connectivity index (χ1n) is 5.96. The number of hydrogen-bond acceptors (Lipinski definition) is 3.